The van der Waals surface area contributed by atoms with Gasteiger partial charge < -0.3 is 19.9 Å². The molecule has 0 saturated carbocycles. The van der Waals surface area contributed by atoms with E-state index in [1.54, 1.807) is 0 Å². The van der Waals surface area contributed by atoms with Crippen LogP contribution in [0.15, 0.2) is 0 Å². The number of hydrogen-bond donors (Lipinski definition) is 1. The van der Waals surface area contributed by atoms with E-state index in [-0.39, 0.29) is 5.97 Å². The second kappa shape index (κ2) is 7.82. The molecule has 1 heterocycles. The Balaban J connectivity index is 2.34. The molecule has 1 aliphatic rings. The lowest BCUT2D eigenvalue weighted by Crippen LogP contribution is -2.51. The molecule has 1 fully saturated rings. The van der Waals surface area contributed by atoms with E-state index in [9.17, 15) is 4.79 Å². The normalized spacial score (nSPS) is 21.1. The van der Waals surface area contributed by atoms with Gasteiger partial charge in [0.15, 0.2) is 0 Å². The van der Waals surface area contributed by atoms with Crippen LogP contribution in [0.1, 0.15) is 26.7 Å². The maximum absolute atomic E-state index is 11.8. The second-order valence-corrected chi connectivity index (χ2v) is 5.60. The van der Waals surface area contributed by atoms with Gasteiger partial charge >= 0.3 is 5.97 Å². The van der Waals surface area contributed by atoms with E-state index in [2.05, 4.69) is 22.2 Å². The maximum atomic E-state index is 11.8. The van der Waals surface area contributed by atoms with Gasteiger partial charge in [-0.15, -0.1) is 0 Å². The summed E-state index contributed by atoms with van der Waals surface area (Å²) in [7, 11) is 3.62. The van der Waals surface area contributed by atoms with Crippen LogP contribution in [0.2, 0.25) is 0 Å². The molecule has 112 valence electrons. The van der Waals surface area contributed by atoms with Crippen LogP contribution in [-0.2, 0) is 9.53 Å². The highest BCUT2D eigenvalue weighted by atomic mass is 16.5. The summed E-state index contributed by atoms with van der Waals surface area (Å²) in [6.07, 6.45) is 1.84. The predicted molar refractivity (Wildman–Crippen MR) is 77.3 cm³/mol. The summed E-state index contributed by atoms with van der Waals surface area (Å²) < 4.78 is 4.90. The third kappa shape index (κ3) is 5.09. The molecular weight excluding hydrogens is 242 g/mol. The number of esters is 1. The number of rotatable bonds is 7. The van der Waals surface area contributed by atoms with Crippen LogP contribution in [0.5, 0.6) is 0 Å². The highest BCUT2D eigenvalue weighted by Gasteiger charge is 2.32. The summed E-state index contributed by atoms with van der Waals surface area (Å²) in [4.78, 5) is 16.7. The summed E-state index contributed by atoms with van der Waals surface area (Å²) in [5.74, 6) is -0.160. The van der Waals surface area contributed by atoms with Crippen molar-refractivity contribution in [3.63, 3.8) is 0 Å². The molecule has 19 heavy (non-hydrogen) atoms. The van der Waals surface area contributed by atoms with E-state index < -0.39 is 5.54 Å². The predicted octanol–water partition coefficient (Wildman–Crippen LogP) is 0.555. The fraction of sp³-hybridized carbons (Fsp3) is 0.929. The molecule has 1 rings (SSSR count). The van der Waals surface area contributed by atoms with Gasteiger partial charge in [0, 0.05) is 26.2 Å². The van der Waals surface area contributed by atoms with Gasteiger partial charge in [0.05, 0.1) is 7.11 Å². The fourth-order valence-corrected chi connectivity index (χ4v) is 2.61. The van der Waals surface area contributed by atoms with Crippen molar-refractivity contribution in [2.45, 2.75) is 32.2 Å². The van der Waals surface area contributed by atoms with Gasteiger partial charge in [0.2, 0.25) is 0 Å². The fourth-order valence-electron chi connectivity index (χ4n) is 2.61. The molecule has 0 aliphatic carbocycles. The average Bonchev–Trinajstić information content (AvgIpc) is 2.40. The maximum Gasteiger partial charge on any atom is 0.325 e. The number of ether oxygens (including phenoxy) is 1. The van der Waals surface area contributed by atoms with Gasteiger partial charge in [-0.1, -0.05) is 6.92 Å². The van der Waals surface area contributed by atoms with Crippen molar-refractivity contribution in [1.82, 2.24) is 15.1 Å². The minimum Gasteiger partial charge on any atom is -0.468 e. The number of methoxy groups -OCH3 is 1. The van der Waals surface area contributed by atoms with Crippen LogP contribution in [-0.4, -0.2) is 74.7 Å². The van der Waals surface area contributed by atoms with Crippen LogP contribution in [0.25, 0.3) is 0 Å². The highest BCUT2D eigenvalue weighted by Crippen LogP contribution is 2.15. The number of nitrogens with one attached hydrogen (secondary N) is 1. The topological polar surface area (TPSA) is 44.8 Å². The van der Waals surface area contributed by atoms with E-state index in [4.69, 9.17) is 4.74 Å². The minimum atomic E-state index is -0.546. The Labute approximate surface area is 117 Å². The summed E-state index contributed by atoms with van der Waals surface area (Å²) >= 11 is 0. The SMILES string of the molecule is CCNC(C)(CCCN1CCN(C)CC1)C(=O)OC. The third-order valence-corrected chi connectivity index (χ3v) is 3.95. The van der Waals surface area contributed by atoms with Crippen LogP contribution in [0.3, 0.4) is 0 Å². The van der Waals surface area contributed by atoms with E-state index in [0.29, 0.717) is 0 Å². The summed E-state index contributed by atoms with van der Waals surface area (Å²) in [6.45, 7) is 10.3. The number of carbonyl (C=O) groups excluding carboxylic acids is 1. The Hall–Kier alpha value is -0.650. The first-order valence-corrected chi connectivity index (χ1v) is 7.26. The van der Waals surface area contributed by atoms with Gasteiger partial charge in [-0.25, -0.2) is 0 Å². The van der Waals surface area contributed by atoms with Gasteiger partial charge in [-0.05, 0) is 39.9 Å². The largest absolute Gasteiger partial charge is 0.468 e. The molecule has 0 aromatic carbocycles. The van der Waals surface area contributed by atoms with Gasteiger partial charge in [0.25, 0.3) is 0 Å². The zero-order valence-electron chi connectivity index (χ0n) is 12.9. The lowest BCUT2D eigenvalue weighted by molar-refractivity contribution is -0.148. The van der Waals surface area contributed by atoms with Gasteiger partial charge in [0.1, 0.15) is 5.54 Å². The van der Waals surface area contributed by atoms with Gasteiger partial charge in [-0.2, -0.15) is 0 Å². The molecule has 0 amide bonds. The van der Waals surface area contributed by atoms with Crippen molar-refractivity contribution in [3.8, 4) is 0 Å². The monoisotopic (exact) mass is 271 g/mol. The highest BCUT2D eigenvalue weighted by molar-refractivity contribution is 5.80. The van der Waals surface area contributed by atoms with Crippen molar-refractivity contribution < 1.29 is 9.53 Å². The first-order chi connectivity index (χ1) is 9.01. The summed E-state index contributed by atoms with van der Waals surface area (Å²) in [5.41, 5.74) is -0.546. The number of nitrogens with zero attached hydrogens (tertiary/aromatic N) is 2. The number of carbonyl (C=O) groups is 1. The van der Waals surface area contributed by atoms with Crippen molar-refractivity contribution in [2.75, 3.05) is 53.4 Å². The Morgan fingerprint density at radius 1 is 1.32 bits per heavy atom. The average molecular weight is 271 g/mol. The lowest BCUT2D eigenvalue weighted by atomic mass is 9.95. The molecule has 1 aliphatic heterocycles. The lowest BCUT2D eigenvalue weighted by Gasteiger charge is -2.33. The molecule has 5 heteroatoms. The molecule has 1 N–H and O–H groups in total. The van der Waals surface area contributed by atoms with Crippen LogP contribution >= 0.6 is 0 Å². The quantitative estimate of drug-likeness (QED) is 0.685. The van der Waals surface area contributed by atoms with E-state index in [1.807, 2.05) is 13.8 Å². The van der Waals surface area contributed by atoms with Gasteiger partial charge in [-0.3, -0.25) is 4.79 Å². The first-order valence-electron chi connectivity index (χ1n) is 7.26. The molecule has 0 radical (unpaired) electrons. The molecule has 0 bridgehead atoms. The molecule has 0 aromatic rings. The number of hydrogen-bond acceptors (Lipinski definition) is 5. The molecule has 0 spiro atoms. The molecule has 5 nitrogen and oxygen atoms in total. The van der Waals surface area contributed by atoms with Crippen molar-refractivity contribution in [1.29, 1.82) is 0 Å². The molecule has 1 atom stereocenters. The molecule has 1 saturated heterocycles. The second-order valence-electron chi connectivity index (χ2n) is 5.60. The Bertz CT molecular complexity index is 278. The Morgan fingerprint density at radius 2 is 1.95 bits per heavy atom. The number of piperazine rings is 1. The van der Waals surface area contributed by atoms with Crippen LogP contribution in [0.4, 0.5) is 0 Å². The standard InChI is InChI=1S/C14H29N3O2/c1-5-15-14(2,13(18)19-4)7-6-8-17-11-9-16(3)10-12-17/h15H,5-12H2,1-4H3. The van der Waals surface area contributed by atoms with Crippen LogP contribution in [0, 0.1) is 0 Å². The van der Waals surface area contributed by atoms with Crippen molar-refractivity contribution in [2.24, 2.45) is 0 Å². The van der Waals surface area contributed by atoms with Crippen molar-refractivity contribution in [3.05, 3.63) is 0 Å². The van der Waals surface area contributed by atoms with E-state index in [1.165, 1.54) is 7.11 Å². The smallest absolute Gasteiger partial charge is 0.325 e. The minimum absolute atomic E-state index is 0.160. The molecular formula is C14H29N3O2. The van der Waals surface area contributed by atoms with Crippen molar-refractivity contribution >= 4 is 5.97 Å². The third-order valence-electron chi connectivity index (χ3n) is 3.95. The van der Waals surface area contributed by atoms with E-state index >= 15 is 0 Å². The number of likely N-dealkylation sites (N-methyl/N-ethyl adjacent to an activating group) is 2. The Kier molecular flexibility index (Phi) is 6.75. The zero-order valence-corrected chi connectivity index (χ0v) is 12.9. The van der Waals surface area contributed by atoms with Crippen LogP contribution < -0.4 is 5.32 Å². The molecule has 0 aromatic heterocycles. The Morgan fingerprint density at radius 3 is 2.47 bits per heavy atom. The van der Waals surface area contributed by atoms with E-state index in [0.717, 1.165) is 52.1 Å². The summed E-state index contributed by atoms with van der Waals surface area (Å²) in [5, 5.41) is 3.25. The molecule has 1 unspecified atom stereocenters. The zero-order chi connectivity index (χ0) is 14.3. The first kappa shape index (κ1) is 16.4. The summed E-state index contributed by atoms with van der Waals surface area (Å²) in [6, 6.07) is 0.